The standard InChI is InChI=1S/C22H18ClFN4O3S/c1-12-8-9-32-18(12)11-28(13-4-6-16(24)15(23)10-13)21(30)17-7-5-14-19(25-17)26(2)22(31)27(3)20(14)29/h4-10H,11H2,1-3H3. The molecule has 0 aliphatic rings. The fourth-order valence-electron chi connectivity index (χ4n) is 3.35. The van der Waals surface area contributed by atoms with Crippen LogP contribution in [0.25, 0.3) is 11.0 Å². The van der Waals surface area contributed by atoms with Gasteiger partial charge in [0.1, 0.15) is 17.2 Å². The minimum Gasteiger partial charge on any atom is -0.302 e. The summed E-state index contributed by atoms with van der Waals surface area (Å²) in [5.74, 6) is -1.07. The molecule has 0 bridgehead atoms. The number of nitrogens with zero attached hydrogens (tertiary/aromatic N) is 4. The smallest absolute Gasteiger partial charge is 0.302 e. The number of anilines is 1. The van der Waals surface area contributed by atoms with Gasteiger partial charge in [0.05, 0.1) is 17.0 Å². The number of carbonyl (C=O) groups excluding carboxylic acids is 1. The Morgan fingerprint density at radius 2 is 1.91 bits per heavy atom. The van der Waals surface area contributed by atoms with E-state index in [1.165, 1.54) is 65.2 Å². The van der Waals surface area contributed by atoms with Crippen molar-refractivity contribution in [2.75, 3.05) is 4.90 Å². The molecule has 3 heterocycles. The van der Waals surface area contributed by atoms with Gasteiger partial charge in [-0.25, -0.2) is 14.2 Å². The molecule has 1 aromatic carbocycles. The summed E-state index contributed by atoms with van der Waals surface area (Å²) >= 11 is 7.46. The Bertz CT molecular complexity index is 1490. The van der Waals surface area contributed by atoms with Gasteiger partial charge in [-0.15, -0.1) is 11.3 Å². The fraction of sp³-hybridized carbons (Fsp3) is 0.182. The second kappa shape index (κ2) is 8.33. The normalized spacial score (nSPS) is 11.2. The van der Waals surface area contributed by atoms with Gasteiger partial charge in [-0.2, -0.15) is 0 Å². The molecule has 1 amide bonds. The van der Waals surface area contributed by atoms with Crippen molar-refractivity contribution < 1.29 is 9.18 Å². The summed E-state index contributed by atoms with van der Waals surface area (Å²) in [6, 6.07) is 8.90. The number of hydrogen-bond donors (Lipinski definition) is 0. The third-order valence-corrected chi connectivity index (χ3v) is 6.55. The Labute approximate surface area is 190 Å². The lowest BCUT2D eigenvalue weighted by Gasteiger charge is -2.23. The quantitative estimate of drug-likeness (QED) is 0.454. The molecule has 7 nitrogen and oxygen atoms in total. The van der Waals surface area contributed by atoms with Crippen LogP contribution in [-0.4, -0.2) is 20.0 Å². The summed E-state index contributed by atoms with van der Waals surface area (Å²) in [6.07, 6.45) is 0. The summed E-state index contributed by atoms with van der Waals surface area (Å²) in [7, 11) is 2.87. The van der Waals surface area contributed by atoms with Crippen molar-refractivity contribution in [1.82, 2.24) is 14.1 Å². The summed E-state index contributed by atoms with van der Waals surface area (Å²) in [6.45, 7) is 2.16. The van der Waals surface area contributed by atoms with Crippen molar-refractivity contribution in [2.45, 2.75) is 13.5 Å². The number of amides is 1. The van der Waals surface area contributed by atoms with Crippen molar-refractivity contribution >= 4 is 45.6 Å². The van der Waals surface area contributed by atoms with Gasteiger partial charge in [0, 0.05) is 24.7 Å². The molecule has 3 aromatic heterocycles. The second-order valence-corrected chi connectivity index (χ2v) is 8.70. The SMILES string of the molecule is Cc1ccsc1CN(C(=O)c1ccc2c(=O)n(C)c(=O)n(C)c2n1)c1ccc(F)c(Cl)c1. The molecule has 0 radical (unpaired) electrons. The molecule has 0 fully saturated rings. The Balaban J connectivity index is 1.85. The van der Waals surface area contributed by atoms with Crippen molar-refractivity contribution in [3.8, 4) is 0 Å². The fourth-order valence-corrected chi connectivity index (χ4v) is 4.42. The predicted molar refractivity (Wildman–Crippen MR) is 123 cm³/mol. The maximum absolute atomic E-state index is 13.7. The average Bonchev–Trinajstić information content (AvgIpc) is 3.20. The van der Waals surface area contributed by atoms with Crippen molar-refractivity contribution in [1.29, 1.82) is 0 Å². The van der Waals surface area contributed by atoms with Crippen LogP contribution in [0.4, 0.5) is 10.1 Å². The lowest BCUT2D eigenvalue weighted by molar-refractivity contribution is 0.0981. The first-order valence-electron chi connectivity index (χ1n) is 9.55. The number of pyridine rings is 1. The molecule has 4 aromatic rings. The van der Waals surface area contributed by atoms with Gasteiger partial charge in [0.25, 0.3) is 11.5 Å². The van der Waals surface area contributed by atoms with Crippen LogP contribution in [0, 0.1) is 12.7 Å². The van der Waals surface area contributed by atoms with Gasteiger partial charge in [-0.1, -0.05) is 11.6 Å². The maximum Gasteiger partial charge on any atom is 0.332 e. The molecule has 0 atom stereocenters. The molecule has 0 unspecified atom stereocenters. The highest BCUT2D eigenvalue weighted by Crippen LogP contribution is 2.28. The zero-order valence-electron chi connectivity index (χ0n) is 17.4. The number of carbonyl (C=O) groups is 1. The molecule has 0 aliphatic heterocycles. The first kappa shape index (κ1) is 21.9. The minimum absolute atomic E-state index is 0.0374. The van der Waals surface area contributed by atoms with Crippen LogP contribution < -0.4 is 16.1 Å². The molecule has 0 saturated heterocycles. The molecule has 4 rings (SSSR count). The Kier molecular flexibility index (Phi) is 5.70. The van der Waals surface area contributed by atoms with E-state index in [1.807, 2.05) is 18.4 Å². The monoisotopic (exact) mass is 472 g/mol. The van der Waals surface area contributed by atoms with Gasteiger partial charge >= 0.3 is 5.69 Å². The van der Waals surface area contributed by atoms with E-state index >= 15 is 0 Å². The van der Waals surface area contributed by atoms with E-state index in [4.69, 9.17) is 11.6 Å². The average molecular weight is 473 g/mol. The number of benzene rings is 1. The van der Waals surface area contributed by atoms with E-state index < -0.39 is 23.0 Å². The highest BCUT2D eigenvalue weighted by Gasteiger charge is 2.23. The van der Waals surface area contributed by atoms with Crippen molar-refractivity contribution in [3.05, 3.63) is 89.6 Å². The van der Waals surface area contributed by atoms with Crippen LogP contribution >= 0.6 is 22.9 Å². The zero-order valence-corrected chi connectivity index (χ0v) is 19.0. The minimum atomic E-state index is -0.593. The molecule has 164 valence electrons. The first-order valence-corrected chi connectivity index (χ1v) is 10.8. The highest BCUT2D eigenvalue weighted by atomic mass is 35.5. The van der Waals surface area contributed by atoms with Crippen LogP contribution in [0.5, 0.6) is 0 Å². The molecule has 0 spiro atoms. The molecule has 10 heteroatoms. The Hall–Kier alpha value is -3.30. The molecule has 0 N–H and O–H groups in total. The second-order valence-electron chi connectivity index (χ2n) is 7.29. The van der Waals surface area contributed by atoms with Gasteiger partial charge in [0.15, 0.2) is 0 Å². The lowest BCUT2D eigenvalue weighted by atomic mass is 10.2. The van der Waals surface area contributed by atoms with Gasteiger partial charge in [0.2, 0.25) is 0 Å². The molecule has 32 heavy (non-hydrogen) atoms. The maximum atomic E-state index is 13.7. The molecular weight excluding hydrogens is 455 g/mol. The largest absolute Gasteiger partial charge is 0.332 e. The first-order chi connectivity index (χ1) is 15.2. The highest BCUT2D eigenvalue weighted by molar-refractivity contribution is 7.10. The number of fused-ring (bicyclic) bond motifs is 1. The third kappa shape index (κ3) is 3.74. The summed E-state index contributed by atoms with van der Waals surface area (Å²) in [5.41, 5.74) is 0.512. The van der Waals surface area contributed by atoms with Crippen molar-refractivity contribution in [2.24, 2.45) is 14.1 Å². The number of halogens is 2. The third-order valence-electron chi connectivity index (χ3n) is 5.25. The number of hydrogen-bond acceptors (Lipinski definition) is 5. The summed E-state index contributed by atoms with van der Waals surface area (Å²) < 4.78 is 15.9. The number of aromatic nitrogens is 3. The van der Waals surface area contributed by atoms with Crippen molar-refractivity contribution in [3.63, 3.8) is 0 Å². The molecule has 0 saturated carbocycles. The van der Waals surface area contributed by atoms with E-state index in [9.17, 15) is 18.8 Å². The summed E-state index contributed by atoms with van der Waals surface area (Å²) in [5, 5.41) is 2.03. The number of rotatable bonds is 4. The topological polar surface area (TPSA) is 77.2 Å². The van der Waals surface area contributed by atoms with Gasteiger partial charge in [-0.05, 0) is 54.3 Å². The van der Waals surface area contributed by atoms with E-state index in [2.05, 4.69) is 4.98 Å². The van der Waals surface area contributed by atoms with Crippen LogP contribution in [0.3, 0.4) is 0 Å². The zero-order chi connectivity index (χ0) is 23.2. The van der Waals surface area contributed by atoms with Crippen LogP contribution in [-0.2, 0) is 20.6 Å². The lowest BCUT2D eigenvalue weighted by Crippen LogP contribution is -2.38. The van der Waals surface area contributed by atoms with Gasteiger partial charge < -0.3 is 4.90 Å². The Morgan fingerprint density at radius 1 is 1.16 bits per heavy atom. The predicted octanol–water partition coefficient (Wildman–Crippen LogP) is 3.64. The van der Waals surface area contributed by atoms with E-state index in [1.54, 1.807) is 0 Å². The Morgan fingerprint density at radius 3 is 2.56 bits per heavy atom. The number of thiophene rings is 1. The summed E-state index contributed by atoms with van der Waals surface area (Å²) in [4.78, 5) is 45.0. The van der Waals surface area contributed by atoms with Crippen LogP contribution in [0.1, 0.15) is 20.9 Å². The number of aryl methyl sites for hydroxylation is 2. The van der Waals surface area contributed by atoms with E-state index in [0.717, 1.165) is 15.0 Å². The van der Waals surface area contributed by atoms with Crippen LogP contribution in [0.15, 0.2) is 51.4 Å². The van der Waals surface area contributed by atoms with E-state index in [0.29, 0.717) is 5.69 Å². The molecule has 0 aliphatic carbocycles. The molecular formula is C22H18ClFN4O3S. The van der Waals surface area contributed by atoms with Gasteiger partial charge in [-0.3, -0.25) is 18.7 Å². The van der Waals surface area contributed by atoms with Crippen LogP contribution in [0.2, 0.25) is 5.02 Å². The van der Waals surface area contributed by atoms with E-state index in [-0.39, 0.29) is 28.3 Å².